The Morgan fingerprint density at radius 1 is 1.27 bits per heavy atom. The second kappa shape index (κ2) is 6.79. The van der Waals surface area contributed by atoms with Gasteiger partial charge in [-0.2, -0.15) is 0 Å². The summed E-state index contributed by atoms with van der Waals surface area (Å²) in [6.07, 6.45) is 5.13. The van der Waals surface area contributed by atoms with Gasteiger partial charge in [0, 0.05) is 18.7 Å². The summed E-state index contributed by atoms with van der Waals surface area (Å²) in [5.41, 5.74) is 5.51. The lowest BCUT2D eigenvalue weighted by atomic mass is 10.1. The molecule has 0 saturated carbocycles. The summed E-state index contributed by atoms with van der Waals surface area (Å²) in [6.45, 7) is 15.9. The highest BCUT2D eigenvalue weighted by Crippen LogP contribution is 2.10. The van der Waals surface area contributed by atoms with Crippen LogP contribution in [0.25, 0.3) is 0 Å². The molecule has 0 aliphatic carbocycles. The zero-order valence-corrected chi connectivity index (χ0v) is 8.98. The van der Waals surface area contributed by atoms with E-state index in [-0.39, 0.29) is 6.04 Å². The van der Waals surface area contributed by atoms with Crippen LogP contribution in [-0.4, -0.2) is 29.9 Å². The molecule has 0 aliphatic heterocycles. The minimum atomic E-state index is -0.516. The van der Waals surface area contributed by atoms with Crippen LogP contribution in [0.4, 0.5) is 0 Å². The van der Waals surface area contributed by atoms with Gasteiger partial charge < -0.3 is 5.73 Å². The quantitative estimate of drug-likeness (QED) is 0.480. The fourth-order valence-electron chi connectivity index (χ4n) is 1.29. The molecule has 3 nitrogen and oxygen atoms in total. The summed E-state index contributed by atoms with van der Waals surface area (Å²) in [5, 5.41) is 0. The fraction of sp³-hybridized carbons (Fsp3) is 0.250. The van der Waals surface area contributed by atoms with Crippen molar-refractivity contribution in [3.05, 3.63) is 50.1 Å². The Balaban J connectivity index is 4.78. The number of hydrogen-bond acceptors (Lipinski definition) is 2. The smallest absolute Gasteiger partial charge is 0.245 e. The van der Waals surface area contributed by atoms with Gasteiger partial charge in [0.25, 0.3) is 0 Å². The van der Waals surface area contributed by atoms with E-state index >= 15 is 0 Å². The zero-order chi connectivity index (χ0) is 11.8. The minimum Gasteiger partial charge on any atom is -0.366 e. The van der Waals surface area contributed by atoms with Crippen LogP contribution in [0.3, 0.4) is 0 Å². The van der Waals surface area contributed by atoms with Gasteiger partial charge in [-0.05, 0) is 0 Å². The van der Waals surface area contributed by atoms with Gasteiger partial charge in [0.15, 0.2) is 0 Å². The molecule has 0 aromatic carbocycles. The van der Waals surface area contributed by atoms with Crippen LogP contribution in [0.1, 0.15) is 0 Å². The SMILES string of the molecule is C=CCN(CC=C)C(C=C)C(=C)C(N)=O. The van der Waals surface area contributed by atoms with Gasteiger partial charge >= 0.3 is 0 Å². The Morgan fingerprint density at radius 2 is 1.73 bits per heavy atom. The lowest BCUT2D eigenvalue weighted by Gasteiger charge is -2.27. The molecule has 0 bridgehead atoms. The number of carbonyl (C=O) groups excluding carboxylic acids is 1. The molecule has 1 atom stereocenters. The van der Waals surface area contributed by atoms with Crippen LogP contribution < -0.4 is 5.73 Å². The first-order chi connectivity index (χ1) is 7.08. The summed E-state index contributed by atoms with van der Waals surface area (Å²) in [6, 6.07) is -0.265. The molecule has 0 spiro atoms. The Bertz CT molecular complexity index is 271. The maximum absolute atomic E-state index is 11.0. The van der Waals surface area contributed by atoms with Crippen molar-refractivity contribution in [1.82, 2.24) is 4.90 Å². The molecule has 0 radical (unpaired) electrons. The highest BCUT2D eigenvalue weighted by Gasteiger charge is 2.19. The molecule has 15 heavy (non-hydrogen) atoms. The average molecular weight is 206 g/mol. The van der Waals surface area contributed by atoms with Crippen molar-refractivity contribution < 1.29 is 4.79 Å². The first-order valence-corrected chi connectivity index (χ1v) is 4.65. The first kappa shape index (κ1) is 13.4. The fourth-order valence-corrected chi connectivity index (χ4v) is 1.29. The van der Waals surface area contributed by atoms with Crippen molar-refractivity contribution >= 4 is 5.91 Å². The molecule has 1 amide bonds. The molecule has 2 N–H and O–H groups in total. The maximum atomic E-state index is 11.0. The monoisotopic (exact) mass is 206 g/mol. The number of hydrogen-bond donors (Lipinski definition) is 1. The second-order valence-electron chi connectivity index (χ2n) is 3.10. The summed E-state index contributed by atoms with van der Waals surface area (Å²) in [7, 11) is 0. The van der Waals surface area contributed by atoms with Crippen molar-refractivity contribution in [2.45, 2.75) is 6.04 Å². The molecule has 3 heteroatoms. The van der Waals surface area contributed by atoms with E-state index in [0.717, 1.165) is 0 Å². The first-order valence-electron chi connectivity index (χ1n) is 4.65. The number of nitrogens with two attached hydrogens (primary N) is 1. The van der Waals surface area contributed by atoms with Crippen molar-refractivity contribution in [3.8, 4) is 0 Å². The highest BCUT2D eigenvalue weighted by atomic mass is 16.1. The second-order valence-corrected chi connectivity index (χ2v) is 3.10. The number of nitrogens with zero attached hydrogens (tertiary/aromatic N) is 1. The third-order valence-electron chi connectivity index (χ3n) is 2.02. The molecule has 0 rings (SSSR count). The van der Waals surface area contributed by atoms with Crippen LogP contribution in [0, 0.1) is 0 Å². The Hall–Kier alpha value is -1.61. The third-order valence-corrected chi connectivity index (χ3v) is 2.02. The molecule has 82 valence electrons. The molecule has 0 fully saturated rings. The van der Waals surface area contributed by atoms with Gasteiger partial charge in [-0.3, -0.25) is 9.69 Å². The van der Waals surface area contributed by atoms with E-state index < -0.39 is 5.91 Å². The normalized spacial score (nSPS) is 11.8. The zero-order valence-electron chi connectivity index (χ0n) is 8.98. The van der Waals surface area contributed by atoms with Gasteiger partial charge in [-0.15, -0.1) is 19.7 Å². The number of rotatable bonds is 8. The van der Waals surface area contributed by atoms with E-state index in [4.69, 9.17) is 5.73 Å². The largest absolute Gasteiger partial charge is 0.366 e. The number of carbonyl (C=O) groups is 1. The third kappa shape index (κ3) is 3.95. The molecule has 1 unspecified atom stereocenters. The number of primary amides is 1. The van der Waals surface area contributed by atoms with Crippen LogP contribution in [-0.2, 0) is 4.79 Å². The van der Waals surface area contributed by atoms with Crippen molar-refractivity contribution in [2.75, 3.05) is 13.1 Å². The topological polar surface area (TPSA) is 46.3 Å². The molecule has 0 aromatic rings. The van der Waals surface area contributed by atoms with Crippen LogP contribution >= 0.6 is 0 Å². The number of amides is 1. The predicted molar refractivity (Wildman–Crippen MR) is 64.3 cm³/mol. The van der Waals surface area contributed by atoms with Crippen LogP contribution in [0.2, 0.25) is 0 Å². The molecular weight excluding hydrogens is 188 g/mol. The van der Waals surface area contributed by atoms with Crippen LogP contribution in [0.15, 0.2) is 50.1 Å². The van der Waals surface area contributed by atoms with Gasteiger partial charge in [0.2, 0.25) is 5.91 Å². The van der Waals surface area contributed by atoms with E-state index in [1.807, 2.05) is 4.90 Å². The van der Waals surface area contributed by atoms with Gasteiger partial charge in [-0.25, -0.2) is 0 Å². The standard InChI is InChI=1S/C12H18N2O/c1-5-8-14(9-6-2)11(7-3)10(4)12(13)15/h5-7,11H,1-4,8-9H2,(H2,13,15). The van der Waals surface area contributed by atoms with E-state index in [2.05, 4.69) is 26.3 Å². The Kier molecular flexibility index (Phi) is 6.06. The summed E-state index contributed by atoms with van der Waals surface area (Å²) in [5.74, 6) is -0.516. The van der Waals surface area contributed by atoms with E-state index in [1.54, 1.807) is 18.2 Å². The van der Waals surface area contributed by atoms with Crippen LogP contribution in [0.5, 0.6) is 0 Å². The predicted octanol–water partition coefficient (Wildman–Crippen LogP) is 1.26. The Labute approximate surface area is 91.3 Å². The van der Waals surface area contributed by atoms with E-state index in [0.29, 0.717) is 18.7 Å². The lowest BCUT2D eigenvalue weighted by Crippen LogP contribution is -2.38. The Morgan fingerprint density at radius 3 is 2.00 bits per heavy atom. The van der Waals surface area contributed by atoms with E-state index in [9.17, 15) is 4.79 Å². The molecule has 0 aliphatic rings. The maximum Gasteiger partial charge on any atom is 0.245 e. The van der Waals surface area contributed by atoms with Crippen molar-refractivity contribution in [3.63, 3.8) is 0 Å². The van der Waals surface area contributed by atoms with Gasteiger partial charge in [0.05, 0.1) is 6.04 Å². The van der Waals surface area contributed by atoms with Crippen molar-refractivity contribution in [1.29, 1.82) is 0 Å². The van der Waals surface area contributed by atoms with Gasteiger partial charge in [0.1, 0.15) is 0 Å². The summed E-state index contributed by atoms with van der Waals surface area (Å²) < 4.78 is 0. The average Bonchev–Trinajstić information content (AvgIpc) is 2.19. The minimum absolute atomic E-state index is 0.265. The molecular formula is C12H18N2O. The van der Waals surface area contributed by atoms with Gasteiger partial charge in [-0.1, -0.05) is 24.8 Å². The summed E-state index contributed by atoms with van der Waals surface area (Å²) >= 11 is 0. The van der Waals surface area contributed by atoms with Crippen molar-refractivity contribution in [2.24, 2.45) is 5.73 Å². The molecule has 0 saturated heterocycles. The highest BCUT2D eigenvalue weighted by molar-refractivity contribution is 5.92. The summed E-state index contributed by atoms with van der Waals surface area (Å²) in [4.78, 5) is 13.0. The van der Waals surface area contributed by atoms with E-state index in [1.165, 1.54) is 0 Å². The molecule has 0 aromatic heterocycles. The molecule has 0 heterocycles. The lowest BCUT2D eigenvalue weighted by molar-refractivity contribution is -0.115.